The van der Waals surface area contributed by atoms with Crippen molar-refractivity contribution in [2.45, 2.75) is 58.8 Å². The lowest BCUT2D eigenvalue weighted by Gasteiger charge is -2.45. The van der Waals surface area contributed by atoms with Crippen LogP contribution in [0.1, 0.15) is 56.1 Å². The Morgan fingerprint density at radius 3 is 2.09 bits per heavy atom. The normalized spacial score (nSPS) is 20.9. The van der Waals surface area contributed by atoms with Gasteiger partial charge in [0.15, 0.2) is 9.84 Å². The monoisotopic (exact) mass is 977 g/mol. The van der Waals surface area contributed by atoms with Crippen LogP contribution in [0.2, 0.25) is 0 Å². The summed E-state index contributed by atoms with van der Waals surface area (Å²) in [6.07, 6.45) is 2.15. The first-order valence-electron chi connectivity index (χ1n) is 23.2. The predicted molar refractivity (Wildman–Crippen MR) is 266 cm³/mol. The maximum absolute atomic E-state index is 14.6. The minimum absolute atomic E-state index is 0.0681. The summed E-state index contributed by atoms with van der Waals surface area (Å²) in [6, 6.07) is 33.0. The van der Waals surface area contributed by atoms with Crippen LogP contribution in [0.25, 0.3) is 0 Å². The summed E-state index contributed by atoms with van der Waals surface area (Å²) < 4.78 is 43.0. The first-order valence-corrected chi connectivity index (χ1v) is 27.5. The highest BCUT2D eigenvalue weighted by molar-refractivity contribution is 8.17. The molecule has 68 heavy (non-hydrogen) atoms. The molecule has 9 rings (SSSR count). The summed E-state index contributed by atoms with van der Waals surface area (Å²) in [5.41, 5.74) is 4.40. The molecular formula is C52H59N5O8S3. The third-order valence-corrected chi connectivity index (χ3v) is 19.7. The van der Waals surface area contributed by atoms with Crippen molar-refractivity contribution in [1.82, 2.24) is 24.6 Å². The van der Waals surface area contributed by atoms with E-state index in [0.717, 1.165) is 65.0 Å². The average Bonchev–Trinajstić information content (AvgIpc) is 3.76. The molecule has 4 aliphatic heterocycles. The van der Waals surface area contributed by atoms with Crippen molar-refractivity contribution in [3.8, 4) is 17.2 Å². The van der Waals surface area contributed by atoms with Crippen molar-refractivity contribution in [2.24, 2.45) is 5.92 Å². The highest BCUT2D eigenvalue weighted by Crippen LogP contribution is 2.51. The molecule has 0 N–H and O–H groups in total. The Morgan fingerprint density at radius 1 is 0.706 bits per heavy atom. The molecule has 0 radical (unpaired) electrons. The molecule has 358 valence electrons. The standard InChI is InChI=1S/C52H59N5O8S3/c1-63-41-12-15-46-38(29-41)32-56(22-25-66-46)51(59)44-10-7-11-45(53-44)52(60)57-23-26-67(47-16-13-42(64-2)30-39(47)33-57)48-35-54(20-18-37(48)28-36-8-5-4-6-9-36)21-19-50(58)55-24-27-68(61,62)49-17-14-43(65-3)31-40(49)34-55/h4-17,29-31,37,48,67H,18-28,32-35H2,1-3H3. The van der Waals surface area contributed by atoms with Crippen LogP contribution >= 0.6 is 22.7 Å². The van der Waals surface area contributed by atoms with E-state index in [9.17, 15) is 22.8 Å². The number of methoxy groups -OCH3 is 3. The molecule has 1 fully saturated rings. The van der Waals surface area contributed by atoms with E-state index in [4.69, 9.17) is 19.2 Å². The van der Waals surface area contributed by atoms with Crippen LogP contribution in [-0.2, 0) is 40.7 Å². The SMILES string of the molecule is COc1ccc2c(c1)CN(C(=O)c1cccc(C(=O)N3CC[SH](C4CN(CCC(=O)N5CCS(=O)(=O)c6ccc(OC)cc6C5)CCC4Cc4ccccc4)c4ccc(OC)cc4C3)n1)CCS2. The molecule has 0 saturated carbocycles. The Bertz CT molecular complexity index is 2780. The predicted octanol–water partition coefficient (Wildman–Crippen LogP) is 7.01. The molecule has 13 nitrogen and oxygen atoms in total. The van der Waals surface area contributed by atoms with Gasteiger partial charge in [0.1, 0.15) is 28.6 Å². The van der Waals surface area contributed by atoms with Gasteiger partial charge in [-0.1, -0.05) is 36.4 Å². The zero-order chi connectivity index (χ0) is 47.4. The number of pyridine rings is 1. The number of likely N-dealkylation sites (tertiary alicyclic amines) is 1. The Morgan fingerprint density at radius 2 is 1.35 bits per heavy atom. The molecule has 0 aliphatic carbocycles. The number of nitrogens with zero attached hydrogens (tertiary/aromatic N) is 5. The van der Waals surface area contributed by atoms with Crippen molar-refractivity contribution in [2.75, 3.05) is 77.9 Å². The number of sulfone groups is 1. The first kappa shape index (κ1) is 47.5. The van der Waals surface area contributed by atoms with E-state index < -0.39 is 20.7 Å². The lowest BCUT2D eigenvalue weighted by molar-refractivity contribution is -0.132. The Balaban J connectivity index is 0.940. The number of fused-ring (bicyclic) bond motifs is 3. The Kier molecular flexibility index (Phi) is 14.7. The van der Waals surface area contributed by atoms with E-state index in [0.29, 0.717) is 50.0 Å². The summed E-state index contributed by atoms with van der Waals surface area (Å²) in [4.78, 5) is 57.8. The molecule has 3 amide bonds. The van der Waals surface area contributed by atoms with Crippen LogP contribution in [0, 0.1) is 5.92 Å². The molecule has 1 aromatic heterocycles. The number of carbonyl (C=O) groups excluding carboxylic acids is 3. The molecule has 5 heterocycles. The van der Waals surface area contributed by atoms with Gasteiger partial charge in [-0.05, 0) is 125 Å². The molecule has 5 aromatic rings. The first-order chi connectivity index (χ1) is 33.0. The van der Waals surface area contributed by atoms with E-state index in [1.807, 2.05) is 35.2 Å². The fourth-order valence-corrected chi connectivity index (χ4v) is 15.9. The van der Waals surface area contributed by atoms with Crippen LogP contribution in [0.15, 0.2) is 118 Å². The van der Waals surface area contributed by atoms with Crippen LogP contribution in [0.3, 0.4) is 0 Å². The van der Waals surface area contributed by atoms with Gasteiger partial charge in [-0.3, -0.25) is 14.4 Å². The highest BCUT2D eigenvalue weighted by Gasteiger charge is 2.38. The third kappa shape index (κ3) is 10.5. The average molecular weight is 978 g/mol. The zero-order valence-corrected chi connectivity index (χ0v) is 41.4. The number of hydrogen-bond acceptors (Lipinski definition) is 11. The van der Waals surface area contributed by atoms with Crippen LogP contribution < -0.4 is 14.2 Å². The van der Waals surface area contributed by atoms with Crippen molar-refractivity contribution >= 4 is 50.2 Å². The van der Waals surface area contributed by atoms with Crippen LogP contribution in [0.5, 0.6) is 17.2 Å². The van der Waals surface area contributed by atoms with E-state index in [1.165, 1.54) is 10.5 Å². The maximum atomic E-state index is 14.6. The van der Waals surface area contributed by atoms with Crippen LogP contribution in [-0.4, -0.2) is 134 Å². The lowest BCUT2D eigenvalue weighted by Crippen LogP contribution is -2.46. The minimum Gasteiger partial charge on any atom is -0.497 e. The van der Waals surface area contributed by atoms with Crippen molar-refractivity contribution in [1.29, 1.82) is 0 Å². The second-order valence-corrected chi connectivity index (χ2v) is 23.6. The number of carbonyl (C=O) groups is 3. The Labute approximate surface area is 406 Å². The number of benzene rings is 4. The number of thioether (sulfide) groups is 1. The second kappa shape index (κ2) is 21.0. The number of ether oxygens (including phenoxy) is 3. The van der Waals surface area contributed by atoms with Gasteiger partial charge in [0, 0.05) is 74.7 Å². The van der Waals surface area contributed by atoms with Crippen molar-refractivity contribution in [3.05, 3.63) is 137 Å². The van der Waals surface area contributed by atoms with Crippen molar-refractivity contribution < 1.29 is 37.0 Å². The molecule has 1 saturated heterocycles. The number of aromatic nitrogens is 1. The van der Waals surface area contributed by atoms with Gasteiger partial charge in [0.05, 0.1) is 32.0 Å². The van der Waals surface area contributed by atoms with Gasteiger partial charge >= 0.3 is 0 Å². The van der Waals surface area contributed by atoms with Gasteiger partial charge in [0.2, 0.25) is 5.91 Å². The van der Waals surface area contributed by atoms with E-state index in [-0.39, 0.29) is 64.5 Å². The fraction of sp³-hybridized carbons (Fsp3) is 0.385. The molecular weight excluding hydrogens is 919 g/mol. The summed E-state index contributed by atoms with van der Waals surface area (Å²) in [7, 11) is 0.462. The zero-order valence-electron chi connectivity index (χ0n) is 38.8. The third-order valence-electron chi connectivity index (χ3n) is 13.7. The highest BCUT2D eigenvalue weighted by atomic mass is 32.2. The fourth-order valence-electron chi connectivity index (χ4n) is 10.0. The molecule has 4 aromatic carbocycles. The molecule has 3 atom stereocenters. The largest absolute Gasteiger partial charge is 0.497 e. The number of amides is 3. The summed E-state index contributed by atoms with van der Waals surface area (Å²) in [6.45, 7) is 4.40. The molecule has 16 heteroatoms. The van der Waals surface area contributed by atoms with Gasteiger partial charge < -0.3 is 33.8 Å². The smallest absolute Gasteiger partial charge is 0.272 e. The molecule has 0 bridgehead atoms. The second-order valence-electron chi connectivity index (χ2n) is 17.8. The Hall–Kier alpha value is -5.55. The number of piperidine rings is 1. The number of rotatable bonds is 11. The van der Waals surface area contributed by atoms with E-state index >= 15 is 0 Å². The summed E-state index contributed by atoms with van der Waals surface area (Å²) in [5.74, 6) is 3.27. The lowest BCUT2D eigenvalue weighted by atomic mass is 9.89. The van der Waals surface area contributed by atoms with Gasteiger partial charge in [0.25, 0.3) is 11.8 Å². The van der Waals surface area contributed by atoms with Gasteiger partial charge in [-0.15, -0.1) is 11.8 Å². The quantitative estimate of drug-likeness (QED) is 0.137. The van der Waals surface area contributed by atoms with Crippen LogP contribution in [0.4, 0.5) is 0 Å². The summed E-state index contributed by atoms with van der Waals surface area (Å²) >= 11 is 1.71. The number of thiol groups is 1. The van der Waals surface area contributed by atoms with Gasteiger partial charge in [-0.25, -0.2) is 24.3 Å². The topological polar surface area (TPSA) is 139 Å². The van der Waals surface area contributed by atoms with E-state index in [2.05, 4.69) is 41.3 Å². The van der Waals surface area contributed by atoms with Gasteiger partial charge in [-0.2, -0.15) is 0 Å². The molecule has 3 unspecified atom stereocenters. The van der Waals surface area contributed by atoms with Crippen molar-refractivity contribution in [3.63, 3.8) is 0 Å². The van der Waals surface area contributed by atoms with E-state index in [1.54, 1.807) is 79.3 Å². The maximum Gasteiger partial charge on any atom is 0.272 e. The molecule has 4 aliphatic rings. The summed E-state index contributed by atoms with van der Waals surface area (Å²) in [5, 5.41) is 0.259. The molecule has 0 spiro atoms. The minimum atomic E-state index is -3.55. The number of hydrogen-bond donors (Lipinski definition) is 1.